The van der Waals surface area contributed by atoms with Gasteiger partial charge in [-0.2, -0.15) is 0 Å². The number of ether oxygens (including phenoxy) is 2. The molecular weight excluding hydrogens is 347 g/mol. The number of halogens is 1. The van der Waals surface area contributed by atoms with Crippen LogP contribution < -0.4 is 14.8 Å². The number of amides is 1. The van der Waals surface area contributed by atoms with E-state index in [-0.39, 0.29) is 17.1 Å². The van der Waals surface area contributed by atoms with Crippen molar-refractivity contribution >= 4 is 16.8 Å². The first kappa shape index (κ1) is 18.8. The van der Waals surface area contributed by atoms with E-state index in [2.05, 4.69) is 10.3 Å². The van der Waals surface area contributed by atoms with Crippen molar-refractivity contribution < 1.29 is 18.7 Å². The minimum atomic E-state index is -0.352. The lowest BCUT2D eigenvalue weighted by atomic mass is 9.84. The minimum Gasteiger partial charge on any atom is -0.497 e. The molecule has 27 heavy (non-hydrogen) atoms. The Morgan fingerprint density at radius 1 is 1.11 bits per heavy atom. The monoisotopic (exact) mass is 370 g/mol. The fourth-order valence-corrected chi connectivity index (χ4v) is 3.10. The molecule has 6 heteroatoms. The molecule has 2 N–H and O–H groups in total. The Bertz CT molecular complexity index is 956. The predicted molar refractivity (Wildman–Crippen MR) is 103 cm³/mol. The van der Waals surface area contributed by atoms with Crippen LogP contribution in [0, 0.1) is 5.82 Å². The minimum absolute atomic E-state index is 0.217. The first-order valence-corrected chi connectivity index (χ1v) is 8.62. The Kier molecular flexibility index (Phi) is 5.08. The smallest absolute Gasteiger partial charge is 0.251 e. The molecule has 3 aromatic rings. The number of aromatic amines is 1. The molecule has 0 fully saturated rings. The maximum atomic E-state index is 13.4. The van der Waals surface area contributed by atoms with E-state index in [9.17, 15) is 9.18 Å². The highest BCUT2D eigenvalue weighted by Gasteiger charge is 2.25. The van der Waals surface area contributed by atoms with Crippen molar-refractivity contribution in [3.63, 3.8) is 0 Å². The van der Waals surface area contributed by atoms with E-state index < -0.39 is 0 Å². The molecule has 0 bridgehead atoms. The van der Waals surface area contributed by atoms with Gasteiger partial charge in [0.15, 0.2) is 0 Å². The van der Waals surface area contributed by atoms with Gasteiger partial charge < -0.3 is 19.8 Å². The van der Waals surface area contributed by atoms with Crippen LogP contribution in [-0.2, 0) is 5.41 Å². The quantitative estimate of drug-likeness (QED) is 0.689. The van der Waals surface area contributed by atoms with Crippen LogP contribution in [0.5, 0.6) is 11.5 Å². The van der Waals surface area contributed by atoms with Crippen LogP contribution in [0.1, 0.15) is 29.8 Å². The third-order valence-electron chi connectivity index (χ3n) is 4.68. The summed E-state index contributed by atoms with van der Waals surface area (Å²) in [5.41, 5.74) is 1.86. The summed E-state index contributed by atoms with van der Waals surface area (Å²) < 4.78 is 23.8. The van der Waals surface area contributed by atoms with Gasteiger partial charge in [0.05, 0.1) is 14.2 Å². The number of hydrogen-bond donors (Lipinski definition) is 2. The van der Waals surface area contributed by atoms with Crippen molar-refractivity contribution in [1.82, 2.24) is 10.3 Å². The Balaban J connectivity index is 1.79. The Hall–Kier alpha value is -3.02. The van der Waals surface area contributed by atoms with E-state index in [1.165, 1.54) is 12.1 Å². The molecule has 0 aliphatic heterocycles. The topological polar surface area (TPSA) is 63.4 Å². The third kappa shape index (κ3) is 3.89. The lowest BCUT2D eigenvalue weighted by molar-refractivity contribution is 0.0945. The molecule has 1 heterocycles. The predicted octanol–water partition coefficient (Wildman–Crippen LogP) is 4.03. The largest absolute Gasteiger partial charge is 0.497 e. The van der Waals surface area contributed by atoms with E-state index in [0.717, 1.165) is 16.5 Å². The van der Waals surface area contributed by atoms with Crippen molar-refractivity contribution in [3.05, 3.63) is 59.5 Å². The summed E-state index contributed by atoms with van der Waals surface area (Å²) >= 11 is 0. The summed E-state index contributed by atoms with van der Waals surface area (Å²) in [6.45, 7) is 4.48. The number of aromatic nitrogens is 1. The zero-order valence-corrected chi connectivity index (χ0v) is 15.9. The number of H-pyrrole nitrogens is 1. The number of fused-ring (bicyclic) bond motifs is 1. The molecule has 0 spiro atoms. The SMILES string of the molecule is COc1cc(OC)cc(C(=O)NCC(C)(C)c2c[nH]c3cc(F)ccc23)c1. The number of benzene rings is 2. The summed E-state index contributed by atoms with van der Waals surface area (Å²) in [6, 6.07) is 9.71. The lowest BCUT2D eigenvalue weighted by Gasteiger charge is -2.25. The van der Waals surface area contributed by atoms with Crippen molar-refractivity contribution in [1.29, 1.82) is 0 Å². The van der Waals surface area contributed by atoms with Gasteiger partial charge in [0, 0.05) is 40.7 Å². The zero-order chi connectivity index (χ0) is 19.6. The standard InChI is InChI=1S/C21H23FN2O3/c1-21(2,18-11-23-19-9-14(22)5-6-17(18)19)12-24-20(25)13-7-15(26-3)10-16(8-13)27-4/h5-11,23H,12H2,1-4H3,(H,24,25). The van der Waals surface area contributed by atoms with Crippen LogP contribution in [0.15, 0.2) is 42.6 Å². The molecule has 0 unspecified atom stereocenters. The highest BCUT2D eigenvalue weighted by molar-refractivity contribution is 5.95. The van der Waals surface area contributed by atoms with Crippen LogP contribution in [0.4, 0.5) is 4.39 Å². The highest BCUT2D eigenvalue weighted by Crippen LogP contribution is 2.30. The van der Waals surface area contributed by atoms with Crippen molar-refractivity contribution in [2.45, 2.75) is 19.3 Å². The molecule has 0 aliphatic carbocycles. The van der Waals surface area contributed by atoms with Crippen LogP contribution in [-0.4, -0.2) is 31.7 Å². The number of carbonyl (C=O) groups is 1. The van der Waals surface area contributed by atoms with E-state index >= 15 is 0 Å². The second-order valence-corrected chi connectivity index (χ2v) is 7.06. The second kappa shape index (κ2) is 7.31. The second-order valence-electron chi connectivity index (χ2n) is 7.06. The Morgan fingerprint density at radius 2 is 1.78 bits per heavy atom. The van der Waals surface area contributed by atoms with Gasteiger partial charge in [0.25, 0.3) is 5.91 Å². The molecule has 142 valence electrons. The number of nitrogens with one attached hydrogen (secondary N) is 2. The first-order valence-electron chi connectivity index (χ1n) is 8.62. The van der Waals surface area contributed by atoms with Gasteiger partial charge in [0.1, 0.15) is 17.3 Å². The van der Waals surface area contributed by atoms with Gasteiger partial charge in [-0.3, -0.25) is 4.79 Å². The zero-order valence-electron chi connectivity index (χ0n) is 15.9. The molecule has 0 aliphatic rings. The van der Waals surface area contributed by atoms with Crippen LogP contribution in [0.2, 0.25) is 0 Å². The molecule has 0 saturated heterocycles. The number of hydrogen-bond acceptors (Lipinski definition) is 3. The molecular formula is C21H23FN2O3. The lowest BCUT2D eigenvalue weighted by Crippen LogP contribution is -2.36. The number of rotatable bonds is 6. The average Bonchev–Trinajstić information content (AvgIpc) is 3.09. The van der Waals surface area contributed by atoms with E-state index in [4.69, 9.17) is 9.47 Å². The average molecular weight is 370 g/mol. The molecule has 0 saturated carbocycles. The van der Waals surface area contributed by atoms with Crippen molar-refractivity contribution in [2.24, 2.45) is 0 Å². The van der Waals surface area contributed by atoms with Gasteiger partial charge in [-0.15, -0.1) is 0 Å². The fraction of sp³-hybridized carbons (Fsp3) is 0.286. The maximum absolute atomic E-state index is 13.4. The van der Waals surface area contributed by atoms with Gasteiger partial charge >= 0.3 is 0 Å². The highest BCUT2D eigenvalue weighted by atomic mass is 19.1. The Labute approximate surface area is 157 Å². The molecule has 2 aromatic carbocycles. The van der Waals surface area contributed by atoms with E-state index in [1.54, 1.807) is 38.5 Å². The van der Waals surface area contributed by atoms with Crippen LogP contribution >= 0.6 is 0 Å². The van der Waals surface area contributed by atoms with Crippen LogP contribution in [0.3, 0.4) is 0 Å². The first-order chi connectivity index (χ1) is 12.8. The van der Waals surface area contributed by atoms with Crippen LogP contribution in [0.25, 0.3) is 10.9 Å². The van der Waals surface area contributed by atoms with Gasteiger partial charge in [-0.25, -0.2) is 4.39 Å². The van der Waals surface area contributed by atoms with E-state index in [0.29, 0.717) is 23.6 Å². The molecule has 1 amide bonds. The molecule has 5 nitrogen and oxygen atoms in total. The van der Waals surface area contributed by atoms with E-state index in [1.807, 2.05) is 20.0 Å². The van der Waals surface area contributed by atoms with Crippen molar-refractivity contribution in [3.8, 4) is 11.5 Å². The summed E-state index contributed by atoms with van der Waals surface area (Å²) in [4.78, 5) is 15.7. The molecule has 1 aromatic heterocycles. The summed E-state index contributed by atoms with van der Waals surface area (Å²) in [6.07, 6.45) is 1.87. The summed E-state index contributed by atoms with van der Waals surface area (Å²) in [7, 11) is 3.08. The summed E-state index contributed by atoms with van der Waals surface area (Å²) in [5.74, 6) is 0.606. The molecule has 3 rings (SSSR count). The summed E-state index contributed by atoms with van der Waals surface area (Å²) in [5, 5.41) is 3.91. The normalized spacial score (nSPS) is 11.4. The van der Waals surface area contributed by atoms with Crippen molar-refractivity contribution in [2.75, 3.05) is 20.8 Å². The molecule has 0 atom stereocenters. The number of carbonyl (C=O) groups excluding carboxylic acids is 1. The number of methoxy groups -OCH3 is 2. The fourth-order valence-electron chi connectivity index (χ4n) is 3.10. The van der Waals surface area contributed by atoms with Gasteiger partial charge in [-0.1, -0.05) is 13.8 Å². The van der Waals surface area contributed by atoms with Gasteiger partial charge in [-0.05, 0) is 35.9 Å². The molecule has 0 radical (unpaired) electrons. The van der Waals surface area contributed by atoms with Gasteiger partial charge in [0.2, 0.25) is 0 Å². The maximum Gasteiger partial charge on any atom is 0.251 e. The third-order valence-corrected chi connectivity index (χ3v) is 4.68. The Morgan fingerprint density at radius 3 is 2.41 bits per heavy atom.